The third-order valence-electron chi connectivity index (χ3n) is 1.50. The molecule has 0 N–H and O–H groups in total. The standard InChI is InChI=1S/C9H8Cl2FN/c1-5-3-9(13-6(2)10)8(12)4-7(5)11/h3-4H,1-2H3. The van der Waals surface area contributed by atoms with Crippen molar-refractivity contribution in [2.75, 3.05) is 0 Å². The molecule has 0 saturated carbocycles. The van der Waals surface area contributed by atoms with E-state index in [9.17, 15) is 4.39 Å². The van der Waals surface area contributed by atoms with Crippen molar-refractivity contribution < 1.29 is 4.39 Å². The zero-order valence-corrected chi connectivity index (χ0v) is 8.75. The van der Waals surface area contributed by atoms with Crippen molar-refractivity contribution in [3.63, 3.8) is 0 Å². The lowest BCUT2D eigenvalue weighted by Gasteiger charge is -2.01. The molecule has 0 aliphatic heterocycles. The van der Waals surface area contributed by atoms with Gasteiger partial charge in [-0.2, -0.15) is 0 Å². The van der Waals surface area contributed by atoms with E-state index in [-0.39, 0.29) is 5.69 Å². The van der Waals surface area contributed by atoms with Crippen LogP contribution in [0.25, 0.3) is 0 Å². The van der Waals surface area contributed by atoms with Gasteiger partial charge in [0.1, 0.15) is 16.7 Å². The molecule has 1 nitrogen and oxygen atoms in total. The highest BCUT2D eigenvalue weighted by Crippen LogP contribution is 2.25. The molecule has 0 atom stereocenters. The quantitative estimate of drug-likeness (QED) is 0.632. The van der Waals surface area contributed by atoms with E-state index in [1.54, 1.807) is 19.9 Å². The van der Waals surface area contributed by atoms with Crippen LogP contribution in [0.3, 0.4) is 0 Å². The second-order valence-electron chi connectivity index (χ2n) is 2.66. The summed E-state index contributed by atoms with van der Waals surface area (Å²) in [6.45, 7) is 3.37. The number of halogens is 3. The summed E-state index contributed by atoms with van der Waals surface area (Å²) in [5.41, 5.74) is 0.995. The first kappa shape index (κ1) is 10.5. The minimum Gasteiger partial charge on any atom is -0.238 e. The predicted molar refractivity (Wildman–Crippen MR) is 54.8 cm³/mol. The number of rotatable bonds is 1. The van der Waals surface area contributed by atoms with Crippen LogP contribution in [0.2, 0.25) is 5.02 Å². The average Bonchev–Trinajstić information content (AvgIpc) is 1.99. The van der Waals surface area contributed by atoms with Crippen LogP contribution in [0.15, 0.2) is 17.1 Å². The van der Waals surface area contributed by atoms with Crippen molar-refractivity contribution >= 4 is 34.1 Å². The summed E-state index contributed by atoms with van der Waals surface area (Å²) in [4.78, 5) is 3.81. The molecule has 0 aliphatic carbocycles. The molecule has 0 aromatic heterocycles. The van der Waals surface area contributed by atoms with Crippen molar-refractivity contribution in [3.8, 4) is 0 Å². The molecular weight excluding hydrogens is 212 g/mol. The molecule has 0 fully saturated rings. The maximum Gasteiger partial charge on any atom is 0.150 e. The van der Waals surface area contributed by atoms with Gasteiger partial charge in [0.2, 0.25) is 0 Å². The summed E-state index contributed by atoms with van der Waals surface area (Å²) in [5.74, 6) is -0.462. The van der Waals surface area contributed by atoms with E-state index in [0.29, 0.717) is 10.2 Å². The van der Waals surface area contributed by atoms with Crippen molar-refractivity contribution in [3.05, 3.63) is 28.5 Å². The summed E-state index contributed by atoms with van der Waals surface area (Å²) < 4.78 is 13.1. The van der Waals surface area contributed by atoms with Crippen LogP contribution in [-0.2, 0) is 0 Å². The first-order valence-electron chi connectivity index (χ1n) is 3.67. The van der Waals surface area contributed by atoms with Gasteiger partial charge >= 0.3 is 0 Å². The molecule has 4 heteroatoms. The van der Waals surface area contributed by atoms with E-state index in [4.69, 9.17) is 23.2 Å². The Hall–Kier alpha value is -0.600. The smallest absolute Gasteiger partial charge is 0.150 e. The highest BCUT2D eigenvalue weighted by molar-refractivity contribution is 6.65. The summed E-state index contributed by atoms with van der Waals surface area (Å²) in [5, 5.41) is 0.685. The third-order valence-corrected chi connectivity index (χ3v) is 1.99. The van der Waals surface area contributed by atoms with Gasteiger partial charge in [-0.1, -0.05) is 23.2 Å². The van der Waals surface area contributed by atoms with Crippen LogP contribution in [-0.4, -0.2) is 5.17 Å². The topological polar surface area (TPSA) is 12.4 Å². The van der Waals surface area contributed by atoms with Crippen LogP contribution < -0.4 is 0 Å². The summed E-state index contributed by atoms with van der Waals surface area (Å²) in [6.07, 6.45) is 0. The van der Waals surface area contributed by atoms with Crippen LogP contribution >= 0.6 is 23.2 Å². The molecule has 0 aliphatic rings. The largest absolute Gasteiger partial charge is 0.238 e. The Labute approximate surface area is 86.2 Å². The highest BCUT2D eigenvalue weighted by atomic mass is 35.5. The molecule has 0 spiro atoms. The summed E-state index contributed by atoms with van der Waals surface area (Å²) >= 11 is 11.2. The molecule has 0 radical (unpaired) electrons. The van der Waals surface area contributed by atoms with Gasteiger partial charge in [-0.3, -0.25) is 0 Å². The fraction of sp³-hybridized carbons (Fsp3) is 0.222. The monoisotopic (exact) mass is 219 g/mol. The van der Waals surface area contributed by atoms with Crippen LogP contribution in [0.4, 0.5) is 10.1 Å². The van der Waals surface area contributed by atoms with Gasteiger partial charge in [-0.25, -0.2) is 9.38 Å². The molecule has 1 aromatic carbocycles. The van der Waals surface area contributed by atoms with Crippen molar-refractivity contribution in [2.24, 2.45) is 4.99 Å². The summed E-state index contributed by atoms with van der Waals surface area (Å²) in [6, 6.07) is 2.79. The number of hydrogen-bond acceptors (Lipinski definition) is 1. The zero-order valence-electron chi connectivity index (χ0n) is 7.24. The minimum atomic E-state index is -0.462. The molecule has 70 valence electrons. The van der Waals surface area contributed by atoms with E-state index in [1.807, 2.05) is 0 Å². The molecule has 0 bridgehead atoms. The predicted octanol–water partition coefficient (Wildman–Crippen LogP) is 4.08. The number of aryl methyl sites for hydroxylation is 1. The van der Waals surface area contributed by atoms with E-state index >= 15 is 0 Å². The van der Waals surface area contributed by atoms with Gasteiger partial charge in [-0.15, -0.1) is 0 Å². The second-order valence-corrected chi connectivity index (χ2v) is 3.62. The minimum absolute atomic E-state index is 0.217. The number of nitrogens with zero attached hydrogens (tertiary/aromatic N) is 1. The van der Waals surface area contributed by atoms with E-state index in [0.717, 1.165) is 5.56 Å². The molecule has 0 heterocycles. The van der Waals surface area contributed by atoms with Gasteiger partial charge in [0.05, 0.1) is 0 Å². The lowest BCUT2D eigenvalue weighted by atomic mass is 10.2. The van der Waals surface area contributed by atoms with Crippen LogP contribution in [0, 0.1) is 12.7 Å². The zero-order chi connectivity index (χ0) is 10.0. The first-order valence-corrected chi connectivity index (χ1v) is 4.42. The Bertz CT molecular complexity index is 357. The lowest BCUT2D eigenvalue weighted by Crippen LogP contribution is -1.83. The number of hydrogen-bond donors (Lipinski definition) is 0. The Morgan fingerprint density at radius 1 is 1.46 bits per heavy atom. The Kier molecular flexibility index (Phi) is 3.28. The SMILES string of the molecule is CC(Cl)=Nc1cc(C)c(Cl)cc1F. The molecular formula is C9H8Cl2FN. The van der Waals surface area contributed by atoms with Gasteiger partial charge in [0, 0.05) is 5.02 Å². The summed E-state index contributed by atoms with van der Waals surface area (Å²) in [7, 11) is 0. The number of aliphatic imine (C=N–C) groups is 1. The second kappa shape index (κ2) is 4.07. The van der Waals surface area contributed by atoms with Crippen molar-refractivity contribution in [1.82, 2.24) is 0 Å². The van der Waals surface area contributed by atoms with E-state index < -0.39 is 5.82 Å². The molecule has 0 unspecified atom stereocenters. The lowest BCUT2D eigenvalue weighted by molar-refractivity contribution is 0.629. The maximum absolute atomic E-state index is 13.1. The van der Waals surface area contributed by atoms with Crippen molar-refractivity contribution in [1.29, 1.82) is 0 Å². The molecule has 13 heavy (non-hydrogen) atoms. The van der Waals surface area contributed by atoms with Gasteiger partial charge in [-0.05, 0) is 31.5 Å². The Morgan fingerprint density at radius 3 is 2.62 bits per heavy atom. The van der Waals surface area contributed by atoms with Crippen LogP contribution in [0.5, 0.6) is 0 Å². The molecule has 1 aromatic rings. The fourth-order valence-electron chi connectivity index (χ4n) is 0.894. The molecule has 0 amide bonds. The van der Waals surface area contributed by atoms with E-state index in [2.05, 4.69) is 4.99 Å². The van der Waals surface area contributed by atoms with Gasteiger partial charge in [0.25, 0.3) is 0 Å². The third kappa shape index (κ3) is 2.68. The highest BCUT2D eigenvalue weighted by Gasteiger charge is 2.04. The maximum atomic E-state index is 13.1. The molecule has 0 saturated heterocycles. The Morgan fingerprint density at radius 2 is 2.08 bits per heavy atom. The van der Waals surface area contributed by atoms with Gasteiger partial charge < -0.3 is 0 Å². The first-order chi connectivity index (χ1) is 6.00. The van der Waals surface area contributed by atoms with Crippen molar-refractivity contribution in [2.45, 2.75) is 13.8 Å². The van der Waals surface area contributed by atoms with Gasteiger partial charge in [0.15, 0.2) is 0 Å². The number of benzene rings is 1. The normalized spacial score (nSPS) is 11.9. The van der Waals surface area contributed by atoms with Crippen LogP contribution in [0.1, 0.15) is 12.5 Å². The average molecular weight is 220 g/mol. The Balaban J connectivity index is 3.24. The molecule has 1 rings (SSSR count). The van der Waals surface area contributed by atoms with E-state index in [1.165, 1.54) is 6.07 Å². The fourth-order valence-corrected chi connectivity index (χ4v) is 1.14.